The highest BCUT2D eigenvalue weighted by atomic mass is 35.5. The number of carbonyl (C=O) groups excluding carboxylic acids is 1. The van der Waals surface area contributed by atoms with Crippen LogP contribution in [0.25, 0.3) is 0 Å². The van der Waals surface area contributed by atoms with Gasteiger partial charge in [0.25, 0.3) is 0 Å². The molecule has 0 bridgehead atoms. The Balaban J connectivity index is 0.00000220. The first-order valence-corrected chi connectivity index (χ1v) is 7.05. The molecule has 118 valence electrons. The van der Waals surface area contributed by atoms with E-state index >= 15 is 0 Å². The maximum Gasteiger partial charge on any atom is 0.240 e. The molecule has 5 nitrogen and oxygen atoms in total. The van der Waals surface area contributed by atoms with Gasteiger partial charge >= 0.3 is 0 Å². The van der Waals surface area contributed by atoms with Crippen LogP contribution in [-0.4, -0.2) is 37.8 Å². The molecule has 0 radical (unpaired) electrons. The van der Waals surface area contributed by atoms with Crippen molar-refractivity contribution in [3.63, 3.8) is 0 Å². The molecule has 2 rings (SSSR count). The first-order chi connectivity index (χ1) is 9.72. The van der Waals surface area contributed by atoms with Crippen LogP contribution in [-0.2, 0) is 16.1 Å². The molecule has 0 aliphatic carbocycles. The normalized spacial score (nSPS) is 21.2. The summed E-state index contributed by atoms with van der Waals surface area (Å²) in [6, 6.07) is 7.45. The monoisotopic (exact) mass is 314 g/mol. The number of hydrogen-bond acceptors (Lipinski definition) is 4. The van der Waals surface area contributed by atoms with Gasteiger partial charge in [0.1, 0.15) is 11.8 Å². The van der Waals surface area contributed by atoms with E-state index in [-0.39, 0.29) is 30.5 Å². The van der Waals surface area contributed by atoms with Gasteiger partial charge < -0.3 is 20.1 Å². The molecule has 0 aromatic heterocycles. The van der Waals surface area contributed by atoms with Gasteiger partial charge in [-0.15, -0.1) is 12.4 Å². The minimum absolute atomic E-state index is 0. The van der Waals surface area contributed by atoms with Gasteiger partial charge in [0.15, 0.2) is 0 Å². The highest BCUT2D eigenvalue weighted by Gasteiger charge is 2.27. The number of nitrogens with one attached hydrogen (secondary N) is 2. The van der Waals surface area contributed by atoms with E-state index in [0.717, 1.165) is 11.3 Å². The lowest BCUT2D eigenvalue weighted by atomic mass is 10.1. The number of carbonyl (C=O) groups is 1. The Kier molecular flexibility index (Phi) is 7.50. The molecule has 1 heterocycles. The van der Waals surface area contributed by atoms with Crippen LogP contribution in [0.1, 0.15) is 19.4 Å². The SMILES string of the molecule is CCOc1ccccc1CNC(=O)[C@H]1NCCO[C@@H]1C.Cl. The molecule has 2 N–H and O–H groups in total. The molecule has 1 aliphatic heterocycles. The van der Waals surface area contributed by atoms with Crippen LogP contribution in [0.3, 0.4) is 0 Å². The van der Waals surface area contributed by atoms with E-state index in [1.54, 1.807) is 0 Å². The topological polar surface area (TPSA) is 59.6 Å². The number of rotatable bonds is 5. The third-order valence-corrected chi connectivity index (χ3v) is 3.32. The first-order valence-electron chi connectivity index (χ1n) is 7.05. The van der Waals surface area contributed by atoms with Crippen molar-refractivity contribution in [1.82, 2.24) is 10.6 Å². The van der Waals surface area contributed by atoms with E-state index in [9.17, 15) is 4.79 Å². The largest absolute Gasteiger partial charge is 0.494 e. The van der Waals surface area contributed by atoms with E-state index in [4.69, 9.17) is 9.47 Å². The zero-order chi connectivity index (χ0) is 14.4. The molecule has 1 amide bonds. The average Bonchev–Trinajstić information content (AvgIpc) is 2.47. The summed E-state index contributed by atoms with van der Waals surface area (Å²) in [6.45, 7) is 6.28. The Hall–Kier alpha value is -1.30. The number of ether oxygens (including phenoxy) is 2. The molecule has 1 fully saturated rings. The second kappa shape index (κ2) is 8.87. The second-order valence-electron chi connectivity index (χ2n) is 4.77. The van der Waals surface area contributed by atoms with Gasteiger partial charge in [-0.2, -0.15) is 0 Å². The summed E-state index contributed by atoms with van der Waals surface area (Å²) in [4.78, 5) is 12.2. The van der Waals surface area contributed by atoms with Crippen molar-refractivity contribution < 1.29 is 14.3 Å². The third kappa shape index (κ3) is 4.88. The summed E-state index contributed by atoms with van der Waals surface area (Å²) in [5, 5.41) is 6.11. The molecule has 1 aromatic carbocycles. The van der Waals surface area contributed by atoms with E-state index in [1.165, 1.54) is 0 Å². The third-order valence-electron chi connectivity index (χ3n) is 3.32. The van der Waals surface area contributed by atoms with Crippen molar-refractivity contribution in [2.75, 3.05) is 19.8 Å². The summed E-state index contributed by atoms with van der Waals surface area (Å²) in [7, 11) is 0. The summed E-state index contributed by atoms with van der Waals surface area (Å²) < 4.78 is 11.0. The Morgan fingerprint density at radius 3 is 2.95 bits per heavy atom. The van der Waals surface area contributed by atoms with E-state index < -0.39 is 0 Å². The maximum absolute atomic E-state index is 12.2. The maximum atomic E-state index is 12.2. The van der Waals surface area contributed by atoms with E-state index in [1.807, 2.05) is 38.1 Å². The van der Waals surface area contributed by atoms with Gasteiger partial charge in [0.2, 0.25) is 5.91 Å². The van der Waals surface area contributed by atoms with Crippen molar-refractivity contribution >= 4 is 18.3 Å². The molecule has 1 aliphatic rings. The van der Waals surface area contributed by atoms with Crippen molar-refractivity contribution in [1.29, 1.82) is 0 Å². The lowest BCUT2D eigenvalue weighted by molar-refractivity contribution is -0.129. The fraction of sp³-hybridized carbons (Fsp3) is 0.533. The Morgan fingerprint density at radius 2 is 2.24 bits per heavy atom. The van der Waals surface area contributed by atoms with Crippen molar-refractivity contribution in [2.24, 2.45) is 0 Å². The number of morpholine rings is 1. The van der Waals surface area contributed by atoms with Gasteiger partial charge in [-0.25, -0.2) is 0 Å². The van der Waals surface area contributed by atoms with Gasteiger partial charge in [0, 0.05) is 18.7 Å². The van der Waals surface area contributed by atoms with Crippen molar-refractivity contribution in [3.05, 3.63) is 29.8 Å². The summed E-state index contributed by atoms with van der Waals surface area (Å²) in [5.74, 6) is 0.778. The minimum Gasteiger partial charge on any atom is -0.494 e. The zero-order valence-corrected chi connectivity index (χ0v) is 13.2. The van der Waals surface area contributed by atoms with Gasteiger partial charge in [0.05, 0.1) is 19.3 Å². The smallest absolute Gasteiger partial charge is 0.240 e. The van der Waals surface area contributed by atoms with Gasteiger partial charge in [-0.05, 0) is 19.9 Å². The number of amides is 1. The van der Waals surface area contributed by atoms with Crippen LogP contribution >= 0.6 is 12.4 Å². The fourth-order valence-corrected chi connectivity index (χ4v) is 2.27. The molecule has 1 aromatic rings. The zero-order valence-electron chi connectivity index (χ0n) is 12.4. The highest BCUT2D eigenvalue weighted by molar-refractivity contribution is 5.85. The number of benzene rings is 1. The summed E-state index contributed by atoms with van der Waals surface area (Å²) >= 11 is 0. The van der Waals surface area contributed by atoms with Crippen LogP contribution in [0.4, 0.5) is 0 Å². The molecular weight excluding hydrogens is 292 g/mol. The average molecular weight is 315 g/mol. The second-order valence-corrected chi connectivity index (χ2v) is 4.77. The van der Waals surface area contributed by atoms with Crippen LogP contribution in [0.2, 0.25) is 0 Å². The van der Waals surface area contributed by atoms with E-state index in [2.05, 4.69) is 10.6 Å². The molecular formula is C15H23ClN2O3. The molecule has 0 unspecified atom stereocenters. The van der Waals surface area contributed by atoms with E-state index in [0.29, 0.717) is 26.3 Å². The molecule has 1 saturated heterocycles. The first kappa shape index (κ1) is 17.8. The van der Waals surface area contributed by atoms with Crippen LogP contribution < -0.4 is 15.4 Å². The van der Waals surface area contributed by atoms with Gasteiger partial charge in [-0.1, -0.05) is 18.2 Å². The van der Waals surface area contributed by atoms with Crippen LogP contribution in [0, 0.1) is 0 Å². The molecule has 2 atom stereocenters. The van der Waals surface area contributed by atoms with Crippen LogP contribution in [0.15, 0.2) is 24.3 Å². The molecule has 21 heavy (non-hydrogen) atoms. The summed E-state index contributed by atoms with van der Waals surface area (Å²) in [5.41, 5.74) is 0.979. The lowest BCUT2D eigenvalue weighted by Gasteiger charge is -2.29. The van der Waals surface area contributed by atoms with Crippen LogP contribution in [0.5, 0.6) is 5.75 Å². The predicted molar refractivity (Wildman–Crippen MR) is 83.9 cm³/mol. The number of para-hydroxylation sites is 1. The number of hydrogen-bond donors (Lipinski definition) is 2. The minimum atomic E-state index is -0.289. The standard InChI is InChI=1S/C15H22N2O3.ClH/c1-3-19-13-7-5-4-6-12(13)10-17-15(18)14-11(2)20-9-8-16-14;/h4-7,11,14,16H,3,8-10H2,1-2H3,(H,17,18);1H/t11-,14+;/m1./s1. The predicted octanol–water partition coefficient (Wildman–Crippen LogP) is 1.50. The van der Waals surface area contributed by atoms with Crippen molar-refractivity contribution in [3.8, 4) is 5.75 Å². The Bertz CT molecular complexity index is 456. The molecule has 0 saturated carbocycles. The highest BCUT2D eigenvalue weighted by Crippen LogP contribution is 2.17. The Morgan fingerprint density at radius 1 is 1.48 bits per heavy atom. The Labute approximate surface area is 131 Å². The van der Waals surface area contributed by atoms with Gasteiger partial charge in [-0.3, -0.25) is 4.79 Å². The summed E-state index contributed by atoms with van der Waals surface area (Å²) in [6.07, 6.45) is -0.106. The van der Waals surface area contributed by atoms with Crippen molar-refractivity contribution in [2.45, 2.75) is 32.5 Å². The quantitative estimate of drug-likeness (QED) is 0.865. The number of halogens is 1. The molecule has 6 heteroatoms. The fourth-order valence-electron chi connectivity index (χ4n) is 2.27. The lowest BCUT2D eigenvalue weighted by Crippen LogP contribution is -2.55. The molecule has 0 spiro atoms.